The number of halogens is 1. The maximum atomic E-state index is 13.8. The fourth-order valence-electron chi connectivity index (χ4n) is 4.18. The maximum Gasteiger partial charge on any atom is 0.288 e. The fraction of sp³-hybridized carbons (Fsp3) is 0.423. The maximum absolute atomic E-state index is 13.8. The molecule has 0 saturated carbocycles. The Bertz CT molecular complexity index is 1090. The number of hydrogen-bond donors (Lipinski definition) is 3. The minimum absolute atomic E-state index is 0.0160. The number of hydrogen-bond acceptors (Lipinski definition) is 4. The van der Waals surface area contributed by atoms with Gasteiger partial charge in [-0.2, -0.15) is 0 Å². The van der Waals surface area contributed by atoms with Crippen molar-refractivity contribution in [1.29, 1.82) is 0 Å². The van der Waals surface area contributed by atoms with Crippen molar-refractivity contribution in [2.24, 2.45) is 22.4 Å². The van der Waals surface area contributed by atoms with Gasteiger partial charge < -0.3 is 16.8 Å². The number of ketones is 1. The predicted octanol–water partition coefficient (Wildman–Crippen LogP) is 2.39. The van der Waals surface area contributed by atoms with Gasteiger partial charge in [0.25, 0.3) is 5.91 Å². The lowest BCUT2D eigenvalue weighted by molar-refractivity contribution is -0.138. The molecule has 0 unspecified atom stereocenters. The molecule has 7 nitrogen and oxygen atoms in total. The van der Waals surface area contributed by atoms with E-state index in [1.165, 1.54) is 11.6 Å². The van der Waals surface area contributed by atoms with Gasteiger partial charge in [-0.1, -0.05) is 30.3 Å². The highest BCUT2D eigenvalue weighted by molar-refractivity contribution is 6.36. The van der Waals surface area contributed by atoms with Gasteiger partial charge in [-0.25, -0.2) is 4.39 Å². The molecular weight excluding hydrogens is 433 g/mol. The zero-order valence-electron chi connectivity index (χ0n) is 20.3. The van der Waals surface area contributed by atoms with Gasteiger partial charge in [-0.05, 0) is 68.1 Å². The van der Waals surface area contributed by atoms with E-state index in [1.54, 1.807) is 19.1 Å². The number of nitrogens with zero attached hydrogens (tertiary/aromatic N) is 2. The van der Waals surface area contributed by atoms with Gasteiger partial charge in [0.15, 0.2) is 5.96 Å². The van der Waals surface area contributed by atoms with Crippen LogP contribution in [0.2, 0.25) is 0 Å². The number of carbonyl (C=O) groups is 2. The Balaban J connectivity index is 1.78. The van der Waals surface area contributed by atoms with Gasteiger partial charge in [0.05, 0.1) is 6.04 Å². The molecule has 0 fully saturated rings. The molecule has 3 rings (SSSR count). The zero-order chi connectivity index (χ0) is 25.0. The molecule has 2 aromatic carbocycles. The van der Waals surface area contributed by atoms with E-state index in [4.69, 9.17) is 11.5 Å². The number of nitrogens with one attached hydrogen (secondary N) is 1. The number of rotatable bonds is 9. The quantitative estimate of drug-likeness (QED) is 0.298. The first kappa shape index (κ1) is 25.4. The largest absolute Gasteiger partial charge is 0.370 e. The molecule has 34 heavy (non-hydrogen) atoms. The van der Waals surface area contributed by atoms with Crippen molar-refractivity contribution in [3.8, 4) is 0 Å². The molecule has 1 aliphatic rings. The Morgan fingerprint density at radius 2 is 1.88 bits per heavy atom. The minimum Gasteiger partial charge on any atom is -0.370 e. The average molecular weight is 468 g/mol. The molecule has 1 aliphatic carbocycles. The van der Waals surface area contributed by atoms with Crippen LogP contribution in [0.4, 0.5) is 4.39 Å². The number of guanidine groups is 1. The summed E-state index contributed by atoms with van der Waals surface area (Å²) in [6.45, 7) is 7.08. The van der Waals surface area contributed by atoms with Crippen molar-refractivity contribution in [1.82, 2.24) is 10.2 Å². The monoisotopic (exact) mass is 467 g/mol. The van der Waals surface area contributed by atoms with Crippen LogP contribution in [-0.4, -0.2) is 42.2 Å². The Morgan fingerprint density at radius 1 is 1.18 bits per heavy atom. The lowest BCUT2D eigenvalue weighted by atomic mass is 9.99. The molecular formula is C26H34FN5O2. The first-order valence-corrected chi connectivity index (χ1v) is 11.5. The molecule has 0 saturated heterocycles. The first-order valence-electron chi connectivity index (χ1n) is 11.5. The number of nitrogens with two attached hydrogens (primary N) is 2. The van der Waals surface area contributed by atoms with E-state index >= 15 is 0 Å². The summed E-state index contributed by atoms with van der Waals surface area (Å²) in [5.41, 5.74) is 15.3. The van der Waals surface area contributed by atoms with Crippen molar-refractivity contribution in [3.63, 3.8) is 0 Å². The van der Waals surface area contributed by atoms with Crippen molar-refractivity contribution in [2.75, 3.05) is 13.6 Å². The number of benzene rings is 2. The van der Waals surface area contributed by atoms with Crippen LogP contribution < -0.4 is 16.8 Å². The van der Waals surface area contributed by atoms with Gasteiger partial charge in [0.1, 0.15) is 5.82 Å². The second kappa shape index (κ2) is 10.8. The van der Waals surface area contributed by atoms with E-state index in [2.05, 4.69) is 48.2 Å². The lowest BCUT2D eigenvalue weighted by Crippen LogP contribution is -2.38. The smallest absolute Gasteiger partial charge is 0.288 e. The third-order valence-corrected chi connectivity index (χ3v) is 6.46. The van der Waals surface area contributed by atoms with Gasteiger partial charge >= 0.3 is 0 Å². The molecule has 2 aromatic rings. The topological polar surface area (TPSA) is 114 Å². The van der Waals surface area contributed by atoms with Crippen molar-refractivity contribution >= 4 is 17.6 Å². The zero-order valence-corrected chi connectivity index (χ0v) is 20.3. The normalized spacial score (nSPS) is 17.0. The van der Waals surface area contributed by atoms with Gasteiger partial charge in [0, 0.05) is 31.5 Å². The predicted molar refractivity (Wildman–Crippen MR) is 132 cm³/mol. The van der Waals surface area contributed by atoms with E-state index in [0.29, 0.717) is 30.1 Å². The highest BCUT2D eigenvalue weighted by Crippen LogP contribution is 2.37. The summed E-state index contributed by atoms with van der Waals surface area (Å²) in [6, 6.07) is 10.8. The Labute approximate surface area is 200 Å². The van der Waals surface area contributed by atoms with Gasteiger partial charge in [-0.3, -0.25) is 19.5 Å². The highest BCUT2D eigenvalue weighted by Gasteiger charge is 2.35. The molecule has 5 N–H and O–H groups in total. The van der Waals surface area contributed by atoms with Crippen LogP contribution in [0, 0.1) is 18.7 Å². The average Bonchev–Trinajstić information content (AvgIpc) is 3.11. The number of fused-ring (bicyclic) bond motifs is 1. The molecule has 0 bridgehead atoms. The third kappa shape index (κ3) is 6.20. The van der Waals surface area contributed by atoms with Crippen molar-refractivity contribution in [2.45, 2.75) is 52.2 Å². The number of amides is 1. The Kier molecular flexibility index (Phi) is 8.04. The van der Waals surface area contributed by atoms with Crippen LogP contribution in [0.3, 0.4) is 0 Å². The molecule has 2 atom stereocenters. The second-order valence-corrected chi connectivity index (χ2v) is 9.41. The SMILES string of the molecule is Cc1ccc(CC(=O)C(=O)N[C@H]2c3ccc(CN(C)C(C)C)cc3C[C@@H]2CN=C(N)N)cc1F. The molecule has 0 radical (unpaired) electrons. The fourth-order valence-corrected chi connectivity index (χ4v) is 4.18. The lowest BCUT2D eigenvalue weighted by Gasteiger charge is -2.22. The van der Waals surface area contributed by atoms with Crippen LogP contribution in [0.25, 0.3) is 0 Å². The van der Waals surface area contributed by atoms with Gasteiger partial charge in [0.2, 0.25) is 5.78 Å². The van der Waals surface area contributed by atoms with Crippen molar-refractivity contribution in [3.05, 3.63) is 70.0 Å². The second-order valence-electron chi connectivity index (χ2n) is 9.41. The van der Waals surface area contributed by atoms with E-state index in [9.17, 15) is 14.0 Å². The van der Waals surface area contributed by atoms with Crippen LogP contribution >= 0.6 is 0 Å². The minimum atomic E-state index is -0.697. The summed E-state index contributed by atoms with van der Waals surface area (Å²) in [7, 11) is 2.08. The molecule has 8 heteroatoms. The molecule has 1 amide bonds. The summed E-state index contributed by atoms with van der Waals surface area (Å²) in [5.74, 6) is -1.81. The Hall–Kier alpha value is -3.26. The van der Waals surface area contributed by atoms with Crippen LogP contribution in [0.1, 0.15) is 47.7 Å². The number of carbonyl (C=O) groups excluding carboxylic acids is 2. The van der Waals surface area contributed by atoms with E-state index in [-0.39, 0.29) is 24.3 Å². The summed E-state index contributed by atoms with van der Waals surface area (Å²) in [6.07, 6.45) is 0.523. The van der Waals surface area contributed by atoms with E-state index in [1.807, 2.05) is 6.07 Å². The summed E-state index contributed by atoms with van der Waals surface area (Å²) in [4.78, 5) is 31.8. The first-order chi connectivity index (χ1) is 16.0. The van der Waals surface area contributed by atoms with Crippen LogP contribution in [0.5, 0.6) is 0 Å². The molecule has 0 heterocycles. The molecule has 182 valence electrons. The van der Waals surface area contributed by atoms with Crippen LogP contribution in [0.15, 0.2) is 41.4 Å². The summed E-state index contributed by atoms with van der Waals surface area (Å²) >= 11 is 0. The summed E-state index contributed by atoms with van der Waals surface area (Å²) < 4.78 is 13.8. The van der Waals surface area contributed by atoms with E-state index in [0.717, 1.165) is 17.7 Å². The third-order valence-electron chi connectivity index (χ3n) is 6.46. The molecule has 0 spiro atoms. The van der Waals surface area contributed by atoms with Crippen molar-refractivity contribution < 1.29 is 14.0 Å². The highest BCUT2D eigenvalue weighted by atomic mass is 19.1. The summed E-state index contributed by atoms with van der Waals surface area (Å²) in [5, 5.41) is 2.89. The molecule has 0 aromatic heterocycles. The van der Waals surface area contributed by atoms with Gasteiger partial charge in [-0.15, -0.1) is 0 Å². The standard InChI is InChI=1S/C26H34FN5O2/c1-15(2)32(4)14-18-7-8-21-19(9-18)12-20(13-30-26(28)29)24(21)31-25(34)23(33)11-17-6-5-16(3)22(27)10-17/h5-10,15,20,24H,11-14H2,1-4H3,(H,31,34)(H4,28,29,30)/t20-,24-/m1/s1. The molecule has 0 aliphatic heterocycles. The Morgan fingerprint density at radius 3 is 2.53 bits per heavy atom. The number of aliphatic imine (C=N–C) groups is 1. The number of Topliss-reactive ketones (excluding diaryl/α,β-unsaturated/α-hetero) is 1. The number of aryl methyl sites for hydroxylation is 1. The van der Waals surface area contributed by atoms with E-state index < -0.39 is 17.5 Å². The van der Waals surface area contributed by atoms with Crippen LogP contribution in [-0.2, 0) is 29.0 Å².